The molecule has 0 saturated carbocycles. The topological polar surface area (TPSA) is 193 Å². The third-order valence-electron chi connectivity index (χ3n) is 6.18. The Bertz CT molecular complexity index is 1290. The molecule has 1 unspecified atom stereocenters. The number of alkyl carbamates (subject to hydrolysis) is 2. The van der Waals surface area contributed by atoms with Crippen LogP contribution < -0.4 is 21.9 Å². The molecule has 3 N–H and O–H groups in total. The number of H-pyrrole nitrogens is 1. The number of esters is 2. The summed E-state index contributed by atoms with van der Waals surface area (Å²) in [7, 11) is 0. The summed E-state index contributed by atoms with van der Waals surface area (Å²) in [6, 6.07) is -1.02. The van der Waals surface area contributed by atoms with E-state index in [0.29, 0.717) is 0 Å². The predicted octanol–water partition coefficient (Wildman–Crippen LogP) is 2.38. The number of nitrogens with one attached hydrogen (secondary N) is 3. The number of nitrogens with zero attached hydrogens (tertiary/aromatic N) is 1. The second-order valence-electron chi connectivity index (χ2n) is 13.2. The van der Waals surface area contributed by atoms with Crippen molar-refractivity contribution in [1.29, 1.82) is 0 Å². The molecule has 15 nitrogen and oxygen atoms in total. The lowest BCUT2D eigenvalue weighted by atomic mass is 10.0. The van der Waals surface area contributed by atoms with Crippen molar-refractivity contribution in [2.24, 2.45) is 11.8 Å². The van der Waals surface area contributed by atoms with Crippen LogP contribution in [0.4, 0.5) is 9.59 Å². The first-order chi connectivity index (χ1) is 20.2. The summed E-state index contributed by atoms with van der Waals surface area (Å²) in [6.07, 6.45) is -3.48. The Morgan fingerprint density at radius 2 is 1.41 bits per heavy atom. The average molecular weight is 627 g/mol. The molecular weight excluding hydrogens is 580 g/mol. The maximum Gasteiger partial charge on any atom is 0.408 e. The molecule has 0 aromatic carbocycles. The van der Waals surface area contributed by atoms with Gasteiger partial charge in [-0.05, 0) is 53.4 Å². The molecule has 5 atom stereocenters. The molecule has 248 valence electrons. The minimum Gasteiger partial charge on any atom is -0.461 e. The molecule has 0 spiro atoms. The zero-order chi connectivity index (χ0) is 33.6. The van der Waals surface area contributed by atoms with E-state index in [1.54, 1.807) is 69.2 Å². The Morgan fingerprint density at radius 3 is 1.86 bits per heavy atom. The maximum absolute atomic E-state index is 13.3. The van der Waals surface area contributed by atoms with Crippen LogP contribution in [-0.4, -0.2) is 75.8 Å². The highest BCUT2D eigenvalue weighted by Gasteiger charge is 2.42. The minimum absolute atomic E-state index is 0.0407. The molecule has 1 aromatic rings. The number of hydrogen-bond acceptors (Lipinski definition) is 11. The van der Waals surface area contributed by atoms with Gasteiger partial charge in [0.15, 0.2) is 0 Å². The quantitative estimate of drug-likeness (QED) is 0.255. The third-order valence-corrected chi connectivity index (χ3v) is 6.18. The molecule has 1 aliphatic rings. The fourth-order valence-electron chi connectivity index (χ4n) is 4.14. The van der Waals surface area contributed by atoms with Gasteiger partial charge in [0.05, 0.1) is 0 Å². The van der Waals surface area contributed by atoms with Gasteiger partial charge in [-0.25, -0.2) is 24.0 Å². The number of aromatic nitrogens is 2. The summed E-state index contributed by atoms with van der Waals surface area (Å²) >= 11 is 0. The molecule has 2 amide bonds. The first-order valence-electron chi connectivity index (χ1n) is 14.5. The fraction of sp³-hybridized carbons (Fsp3) is 0.724. The van der Waals surface area contributed by atoms with Gasteiger partial charge in [-0.1, -0.05) is 27.7 Å². The second kappa shape index (κ2) is 14.7. The van der Waals surface area contributed by atoms with E-state index in [4.69, 9.17) is 23.7 Å². The number of carbonyl (C=O) groups is 4. The van der Waals surface area contributed by atoms with Crippen LogP contribution in [-0.2, 0) is 33.3 Å². The van der Waals surface area contributed by atoms with Gasteiger partial charge in [-0.3, -0.25) is 14.3 Å². The SMILES string of the molecule is CC(C)[C@@H](NC(=O)OC(C)(C)C)C(=O)OC[C@H]1O[C@@H](n2ccc(=O)[nH]c2=O)CC1OC(=O)[C@H](NC(=O)OC(C)(C)C)C(C)C. The minimum atomic E-state index is -1.09. The van der Waals surface area contributed by atoms with Crippen molar-refractivity contribution in [1.82, 2.24) is 20.2 Å². The van der Waals surface area contributed by atoms with Gasteiger partial charge in [-0.15, -0.1) is 0 Å². The van der Waals surface area contributed by atoms with Crippen molar-refractivity contribution in [3.8, 4) is 0 Å². The van der Waals surface area contributed by atoms with Gasteiger partial charge in [0.2, 0.25) is 0 Å². The largest absolute Gasteiger partial charge is 0.461 e. The van der Waals surface area contributed by atoms with E-state index in [0.717, 1.165) is 10.6 Å². The summed E-state index contributed by atoms with van der Waals surface area (Å²) in [4.78, 5) is 77.2. The first kappa shape index (κ1) is 36.3. The smallest absolute Gasteiger partial charge is 0.408 e. The number of amides is 2. The van der Waals surface area contributed by atoms with E-state index in [2.05, 4.69) is 15.6 Å². The van der Waals surface area contributed by atoms with Crippen LogP contribution in [0.15, 0.2) is 21.9 Å². The Labute approximate surface area is 256 Å². The molecular formula is C29H46N4O11. The lowest BCUT2D eigenvalue weighted by molar-refractivity contribution is -0.162. The van der Waals surface area contributed by atoms with Crippen LogP contribution in [0.2, 0.25) is 0 Å². The van der Waals surface area contributed by atoms with Crippen molar-refractivity contribution in [3.63, 3.8) is 0 Å². The maximum atomic E-state index is 13.3. The zero-order valence-corrected chi connectivity index (χ0v) is 27.0. The van der Waals surface area contributed by atoms with Crippen LogP contribution in [0.3, 0.4) is 0 Å². The van der Waals surface area contributed by atoms with Crippen molar-refractivity contribution in [2.45, 2.75) is 117 Å². The van der Waals surface area contributed by atoms with Crippen LogP contribution in [0.25, 0.3) is 0 Å². The summed E-state index contributed by atoms with van der Waals surface area (Å²) < 4.78 is 28.8. The highest BCUT2D eigenvalue weighted by atomic mass is 16.6. The van der Waals surface area contributed by atoms with E-state index < -0.39 is 89.6 Å². The van der Waals surface area contributed by atoms with Crippen molar-refractivity contribution >= 4 is 24.1 Å². The molecule has 0 radical (unpaired) electrons. The monoisotopic (exact) mass is 626 g/mol. The van der Waals surface area contributed by atoms with E-state index in [1.165, 1.54) is 6.20 Å². The molecule has 0 aliphatic carbocycles. The Hall–Kier alpha value is -3.88. The van der Waals surface area contributed by atoms with Crippen molar-refractivity contribution in [2.75, 3.05) is 6.61 Å². The van der Waals surface area contributed by atoms with Gasteiger partial charge in [0, 0.05) is 18.7 Å². The average Bonchev–Trinajstić information content (AvgIpc) is 3.23. The number of aromatic amines is 1. The summed E-state index contributed by atoms with van der Waals surface area (Å²) in [5.41, 5.74) is -2.94. The van der Waals surface area contributed by atoms with Crippen LogP contribution in [0.5, 0.6) is 0 Å². The van der Waals surface area contributed by atoms with Crippen molar-refractivity contribution < 1.29 is 42.9 Å². The zero-order valence-electron chi connectivity index (χ0n) is 27.0. The van der Waals surface area contributed by atoms with Gasteiger partial charge < -0.3 is 34.3 Å². The number of carbonyl (C=O) groups excluding carboxylic acids is 4. The molecule has 1 aromatic heterocycles. The normalized spacial score (nSPS) is 20.0. The van der Waals surface area contributed by atoms with Gasteiger partial charge in [0.25, 0.3) is 5.56 Å². The first-order valence-corrected chi connectivity index (χ1v) is 14.5. The molecule has 44 heavy (non-hydrogen) atoms. The van der Waals surface area contributed by atoms with Gasteiger partial charge in [-0.2, -0.15) is 0 Å². The van der Waals surface area contributed by atoms with E-state index in [1.807, 2.05) is 0 Å². The Morgan fingerprint density at radius 1 is 0.909 bits per heavy atom. The van der Waals surface area contributed by atoms with E-state index in [-0.39, 0.29) is 12.3 Å². The second-order valence-corrected chi connectivity index (χ2v) is 13.2. The fourth-order valence-corrected chi connectivity index (χ4v) is 4.14. The highest BCUT2D eigenvalue weighted by molar-refractivity contribution is 5.82. The Balaban J connectivity index is 2.24. The van der Waals surface area contributed by atoms with Gasteiger partial charge >= 0.3 is 29.8 Å². The molecule has 0 bridgehead atoms. The third kappa shape index (κ3) is 11.3. The number of rotatable bonds is 10. The van der Waals surface area contributed by atoms with Crippen LogP contribution in [0, 0.1) is 11.8 Å². The summed E-state index contributed by atoms with van der Waals surface area (Å²) in [5, 5.41) is 5.03. The van der Waals surface area contributed by atoms with Crippen molar-refractivity contribution in [3.05, 3.63) is 33.1 Å². The van der Waals surface area contributed by atoms with E-state index >= 15 is 0 Å². The Kier molecular flexibility index (Phi) is 12.2. The van der Waals surface area contributed by atoms with Crippen LogP contribution in [0.1, 0.15) is 81.9 Å². The lowest BCUT2D eigenvalue weighted by Crippen LogP contribution is -2.49. The predicted molar refractivity (Wildman–Crippen MR) is 157 cm³/mol. The standard InChI is InChI=1S/C29H46N4O11/c1-15(2)21(31-26(38)43-28(5,6)7)23(35)40-14-18-17(13-20(41-18)33-12-11-19(34)30-25(33)37)42-24(36)22(16(3)4)32-27(39)44-29(8,9)10/h11-12,15-18,20-22H,13-14H2,1-10H3,(H,31,38)(H,32,39)(H,30,34,37)/t17?,18-,20-,21-,22-/m1/s1. The molecule has 2 rings (SSSR count). The van der Waals surface area contributed by atoms with Gasteiger partial charge in [0.1, 0.15) is 48.3 Å². The highest BCUT2D eigenvalue weighted by Crippen LogP contribution is 2.31. The molecule has 1 fully saturated rings. The molecule has 15 heteroatoms. The molecule has 2 heterocycles. The number of ether oxygens (including phenoxy) is 5. The summed E-state index contributed by atoms with van der Waals surface area (Å²) in [5.74, 6) is -2.34. The summed E-state index contributed by atoms with van der Waals surface area (Å²) in [6.45, 7) is 16.5. The lowest BCUT2D eigenvalue weighted by Gasteiger charge is -2.27. The van der Waals surface area contributed by atoms with Crippen LogP contribution >= 0.6 is 0 Å². The molecule has 1 aliphatic heterocycles. The molecule has 1 saturated heterocycles. The van der Waals surface area contributed by atoms with E-state index in [9.17, 15) is 28.8 Å². The number of hydrogen-bond donors (Lipinski definition) is 3.